The molecule has 0 aliphatic carbocycles. The minimum Gasteiger partial charge on any atom is -0.347 e. The fraction of sp³-hybridized carbons (Fsp3) is 0.273. The van der Waals surface area contributed by atoms with Crippen molar-refractivity contribution in [3.05, 3.63) is 36.9 Å². The zero-order valence-electron chi connectivity index (χ0n) is 8.66. The summed E-state index contributed by atoms with van der Waals surface area (Å²) in [6, 6.07) is -0.314. The summed E-state index contributed by atoms with van der Waals surface area (Å²) in [6.45, 7) is 7.18. The Kier molecular flexibility index (Phi) is 4.09. The van der Waals surface area contributed by atoms with E-state index in [1.807, 2.05) is 0 Å². The molecule has 1 saturated heterocycles. The molecule has 0 aromatic heterocycles. The van der Waals surface area contributed by atoms with Crippen LogP contribution in [0.1, 0.15) is 12.8 Å². The molecule has 1 rings (SSSR count). The number of allylic oxidation sites excluding steroid dienone is 4. The molecule has 0 bridgehead atoms. The van der Waals surface area contributed by atoms with Crippen LogP contribution >= 0.6 is 0 Å². The van der Waals surface area contributed by atoms with Gasteiger partial charge in [-0.25, -0.2) is 0 Å². The molecule has 0 spiro atoms. The second-order valence-electron chi connectivity index (χ2n) is 3.48. The summed E-state index contributed by atoms with van der Waals surface area (Å²) in [7, 11) is 0.306. The van der Waals surface area contributed by atoms with Gasteiger partial charge < -0.3 is 10.1 Å². The fourth-order valence-electron chi connectivity index (χ4n) is 1.53. The van der Waals surface area contributed by atoms with Crippen LogP contribution in [0.3, 0.4) is 0 Å². The maximum Gasteiger partial charge on any atom is 0.241 e. The third kappa shape index (κ3) is 3.24. The smallest absolute Gasteiger partial charge is 0.241 e. The molecule has 0 aromatic carbocycles. The normalized spacial score (nSPS) is 20.7. The molecule has 4 heteroatoms. The molecule has 0 saturated carbocycles. The second kappa shape index (κ2) is 5.34. The zero-order valence-corrected chi connectivity index (χ0v) is 8.66. The lowest BCUT2D eigenvalue weighted by Crippen LogP contribution is -2.36. The molecular formula is C11H14BNO2. The number of amides is 1. The van der Waals surface area contributed by atoms with Gasteiger partial charge in [0.25, 0.3) is 0 Å². The molecule has 1 aliphatic heterocycles. The lowest BCUT2D eigenvalue weighted by atomic mass is 9.63. The Morgan fingerprint density at radius 1 is 1.53 bits per heavy atom. The molecule has 78 valence electrons. The minimum atomic E-state index is -0.314. The molecule has 1 unspecified atom stereocenters. The molecule has 1 atom stereocenters. The number of hydrogen-bond donors (Lipinski definition) is 1. The molecule has 1 fully saturated rings. The van der Waals surface area contributed by atoms with E-state index in [4.69, 9.17) is 0 Å². The van der Waals surface area contributed by atoms with Crippen LogP contribution in [0.5, 0.6) is 0 Å². The quantitative estimate of drug-likeness (QED) is 0.521. The monoisotopic (exact) mass is 203 g/mol. The van der Waals surface area contributed by atoms with E-state index in [0.717, 1.165) is 5.47 Å². The first kappa shape index (κ1) is 11.5. The maximum absolute atomic E-state index is 11.7. The van der Waals surface area contributed by atoms with Gasteiger partial charge in [-0.05, 0) is 6.42 Å². The van der Waals surface area contributed by atoms with Crippen LogP contribution in [0.2, 0.25) is 0 Å². The van der Waals surface area contributed by atoms with Gasteiger partial charge in [0.1, 0.15) is 5.68 Å². The van der Waals surface area contributed by atoms with E-state index in [1.54, 1.807) is 18.2 Å². The highest BCUT2D eigenvalue weighted by Crippen LogP contribution is 2.08. The Balaban J connectivity index is 2.54. The van der Waals surface area contributed by atoms with Gasteiger partial charge in [0.15, 0.2) is 0 Å². The lowest BCUT2D eigenvalue weighted by Gasteiger charge is -2.07. The van der Waals surface area contributed by atoms with Crippen LogP contribution in [0.15, 0.2) is 36.9 Å². The van der Waals surface area contributed by atoms with E-state index < -0.39 is 0 Å². The maximum atomic E-state index is 11.7. The molecule has 0 radical (unpaired) electrons. The van der Waals surface area contributed by atoms with Crippen molar-refractivity contribution in [2.75, 3.05) is 0 Å². The van der Waals surface area contributed by atoms with Gasteiger partial charge >= 0.3 is 0 Å². The average Bonchev–Trinajstić information content (AvgIpc) is 2.64. The van der Waals surface area contributed by atoms with Crippen molar-refractivity contribution in [3.63, 3.8) is 0 Å². The van der Waals surface area contributed by atoms with E-state index in [1.165, 1.54) is 0 Å². The topological polar surface area (TPSA) is 46.2 Å². The predicted octanol–water partition coefficient (Wildman–Crippen LogP) is 0.484. The summed E-state index contributed by atoms with van der Waals surface area (Å²) in [5.74, 6) is -0.0406. The molecule has 3 nitrogen and oxygen atoms in total. The van der Waals surface area contributed by atoms with E-state index in [2.05, 4.69) is 18.5 Å². The third-order valence-electron chi connectivity index (χ3n) is 2.36. The van der Waals surface area contributed by atoms with Gasteiger partial charge in [0.05, 0.1) is 6.04 Å². The fourth-order valence-corrected chi connectivity index (χ4v) is 1.53. The third-order valence-corrected chi connectivity index (χ3v) is 2.36. The van der Waals surface area contributed by atoms with E-state index in [0.29, 0.717) is 20.1 Å². The van der Waals surface area contributed by atoms with E-state index in [-0.39, 0.29) is 17.6 Å². The number of nitrogens with one attached hydrogen (secondary N) is 1. The Hall–Kier alpha value is -1.58. The Labute approximate surface area is 90.2 Å². The van der Waals surface area contributed by atoms with Crippen molar-refractivity contribution in [2.45, 2.75) is 18.9 Å². The first-order valence-electron chi connectivity index (χ1n) is 4.93. The Morgan fingerprint density at radius 2 is 2.27 bits per heavy atom. The second-order valence-corrected chi connectivity index (χ2v) is 3.48. The molecule has 1 aliphatic rings. The molecule has 15 heavy (non-hydrogen) atoms. The largest absolute Gasteiger partial charge is 0.347 e. The highest BCUT2D eigenvalue weighted by molar-refractivity contribution is 6.81. The summed E-state index contributed by atoms with van der Waals surface area (Å²) in [5.41, 5.74) is 0.866. The molecule has 1 heterocycles. The Bertz CT molecular complexity index is 333. The van der Waals surface area contributed by atoms with Crippen molar-refractivity contribution >= 4 is 18.9 Å². The molecule has 0 aromatic rings. The SMILES string of the molecule is C=C/C=C(/BC(=O)C1CCC(=O)N1)C=C. The highest BCUT2D eigenvalue weighted by atomic mass is 16.2. The van der Waals surface area contributed by atoms with Crippen molar-refractivity contribution in [2.24, 2.45) is 0 Å². The van der Waals surface area contributed by atoms with E-state index in [9.17, 15) is 9.59 Å². The van der Waals surface area contributed by atoms with E-state index >= 15 is 0 Å². The highest BCUT2D eigenvalue weighted by Gasteiger charge is 2.27. The van der Waals surface area contributed by atoms with Crippen molar-refractivity contribution < 1.29 is 9.59 Å². The van der Waals surface area contributed by atoms with Crippen molar-refractivity contribution in [1.29, 1.82) is 0 Å². The summed E-state index contributed by atoms with van der Waals surface area (Å²) in [5, 5.41) is 2.65. The minimum absolute atomic E-state index is 0.0360. The van der Waals surface area contributed by atoms with Crippen LogP contribution in [0.25, 0.3) is 0 Å². The summed E-state index contributed by atoms with van der Waals surface area (Å²) < 4.78 is 0. The van der Waals surface area contributed by atoms with Crippen molar-refractivity contribution in [3.8, 4) is 0 Å². The van der Waals surface area contributed by atoms with Gasteiger partial charge in [0, 0.05) is 6.42 Å². The molecular weight excluding hydrogens is 189 g/mol. The number of hydrogen-bond acceptors (Lipinski definition) is 2. The Morgan fingerprint density at radius 3 is 2.73 bits per heavy atom. The number of carbonyl (C=O) groups excluding carboxylic acids is 2. The van der Waals surface area contributed by atoms with Gasteiger partial charge in [-0.15, -0.1) is 0 Å². The first-order valence-corrected chi connectivity index (χ1v) is 4.93. The molecule has 1 N–H and O–H groups in total. The van der Waals surface area contributed by atoms with Crippen LogP contribution < -0.4 is 5.32 Å². The standard InChI is InChI=1S/C11H14BNO2/c1-3-5-8(4-2)12-11(15)9-6-7-10(14)13-9/h3-5,9,12H,1-2,6-7H2,(H,13,14)/b8-5+. The number of rotatable bonds is 5. The predicted molar refractivity (Wildman–Crippen MR) is 61.8 cm³/mol. The van der Waals surface area contributed by atoms with Crippen LogP contribution in [-0.2, 0) is 9.59 Å². The summed E-state index contributed by atoms with van der Waals surface area (Å²) >= 11 is 0. The lowest BCUT2D eigenvalue weighted by molar-refractivity contribution is -0.121. The van der Waals surface area contributed by atoms with Gasteiger partial charge in [0.2, 0.25) is 13.2 Å². The van der Waals surface area contributed by atoms with Gasteiger partial charge in [-0.2, -0.15) is 0 Å². The van der Waals surface area contributed by atoms with Crippen LogP contribution in [-0.4, -0.2) is 24.9 Å². The first-order chi connectivity index (χ1) is 7.17. The molecule has 1 amide bonds. The van der Waals surface area contributed by atoms with Crippen molar-refractivity contribution in [1.82, 2.24) is 5.32 Å². The average molecular weight is 203 g/mol. The zero-order chi connectivity index (χ0) is 11.3. The summed E-state index contributed by atoms with van der Waals surface area (Å²) in [6.07, 6.45) is 6.07. The summed E-state index contributed by atoms with van der Waals surface area (Å²) in [4.78, 5) is 22.6. The van der Waals surface area contributed by atoms with Crippen LogP contribution in [0, 0.1) is 0 Å². The number of carbonyl (C=O) groups is 2. The van der Waals surface area contributed by atoms with Gasteiger partial charge in [-0.3, -0.25) is 4.79 Å². The van der Waals surface area contributed by atoms with Crippen LogP contribution in [0.4, 0.5) is 0 Å². The van der Waals surface area contributed by atoms with Gasteiger partial charge in [-0.1, -0.05) is 36.9 Å².